The molecule has 0 saturated heterocycles. The monoisotopic (exact) mass is 224 g/mol. The summed E-state index contributed by atoms with van der Waals surface area (Å²) in [5.41, 5.74) is 0.982. The van der Waals surface area contributed by atoms with Gasteiger partial charge >= 0.3 is 0 Å². The van der Waals surface area contributed by atoms with Crippen LogP contribution in [0, 0.1) is 0 Å². The fourth-order valence-electron chi connectivity index (χ4n) is 1.17. The van der Waals surface area contributed by atoms with Crippen LogP contribution in [0.3, 0.4) is 0 Å². The first-order valence-corrected chi connectivity index (χ1v) is 6.56. The van der Waals surface area contributed by atoms with Crippen molar-refractivity contribution in [3.63, 3.8) is 0 Å². The van der Waals surface area contributed by atoms with Gasteiger partial charge in [-0.1, -0.05) is 12.1 Å². The van der Waals surface area contributed by atoms with Crippen LogP contribution in [0.4, 0.5) is 0 Å². The number of hydrogen-bond donors (Lipinski definition) is 0. The molecule has 0 fully saturated rings. The lowest BCUT2D eigenvalue weighted by Gasteiger charge is -2.03. The molecule has 0 saturated carbocycles. The van der Waals surface area contributed by atoms with E-state index in [-0.39, 0.29) is 0 Å². The van der Waals surface area contributed by atoms with Crippen molar-refractivity contribution in [2.75, 3.05) is 6.26 Å². The van der Waals surface area contributed by atoms with Gasteiger partial charge in [0, 0.05) is 12.7 Å². The maximum Gasteiger partial charge on any atom is 0.175 e. The van der Waals surface area contributed by atoms with E-state index in [9.17, 15) is 8.42 Å². The maximum atomic E-state index is 11.2. The Labute approximate surface area is 89.3 Å². The third-order valence-corrected chi connectivity index (χ3v) is 3.27. The molecule has 0 radical (unpaired) electrons. The van der Waals surface area contributed by atoms with Gasteiger partial charge in [-0.25, -0.2) is 8.42 Å². The molecule has 0 aromatic heterocycles. The van der Waals surface area contributed by atoms with Crippen molar-refractivity contribution >= 4 is 9.84 Å². The van der Waals surface area contributed by atoms with E-state index in [4.69, 9.17) is 4.74 Å². The van der Waals surface area contributed by atoms with Gasteiger partial charge in [-0.15, -0.1) is 0 Å². The molecule has 0 spiro atoms. The van der Waals surface area contributed by atoms with E-state index in [1.54, 1.807) is 24.3 Å². The highest BCUT2D eigenvalue weighted by molar-refractivity contribution is 7.90. The summed E-state index contributed by atoms with van der Waals surface area (Å²) >= 11 is 0. The van der Waals surface area contributed by atoms with Crippen LogP contribution < -0.4 is 0 Å². The van der Waals surface area contributed by atoms with Crippen LogP contribution in [0.1, 0.15) is 12.0 Å². The normalized spacial score (nSPS) is 14.6. The largest absolute Gasteiger partial charge is 0.493 e. The molecule has 0 heterocycles. The molecule has 80 valence electrons. The Morgan fingerprint density at radius 3 is 2.33 bits per heavy atom. The molecule has 0 unspecified atom stereocenters. The average molecular weight is 224 g/mol. The van der Waals surface area contributed by atoms with E-state index in [1.165, 1.54) is 6.26 Å². The first-order valence-electron chi connectivity index (χ1n) is 4.66. The van der Waals surface area contributed by atoms with E-state index < -0.39 is 9.84 Å². The lowest BCUT2D eigenvalue weighted by Crippen LogP contribution is -1.97. The van der Waals surface area contributed by atoms with Crippen molar-refractivity contribution in [1.82, 2.24) is 0 Å². The summed E-state index contributed by atoms with van der Waals surface area (Å²) in [6.45, 7) is 0.510. The standard InChI is InChI=1S/C11H12O3S/c1-15(12,13)11-6-2-9(3-7-11)8-14-10-4-5-10/h2-4,6-7H,5,8H2,1H3. The van der Waals surface area contributed by atoms with Crippen molar-refractivity contribution in [3.05, 3.63) is 41.7 Å². The van der Waals surface area contributed by atoms with Crippen LogP contribution in [-0.2, 0) is 21.2 Å². The summed E-state index contributed by atoms with van der Waals surface area (Å²) in [6.07, 6.45) is 4.15. The quantitative estimate of drug-likeness (QED) is 0.784. The number of benzene rings is 1. The van der Waals surface area contributed by atoms with Gasteiger partial charge in [-0.2, -0.15) is 0 Å². The summed E-state index contributed by atoms with van der Waals surface area (Å²) in [6, 6.07) is 6.77. The Morgan fingerprint density at radius 2 is 1.87 bits per heavy atom. The smallest absolute Gasteiger partial charge is 0.175 e. The predicted octanol–water partition coefficient (Wildman–Crippen LogP) is 1.89. The molecule has 1 aromatic carbocycles. The van der Waals surface area contributed by atoms with Crippen LogP contribution in [0.25, 0.3) is 0 Å². The number of allylic oxidation sites excluding steroid dienone is 2. The van der Waals surface area contributed by atoms with Gasteiger partial charge in [0.15, 0.2) is 9.84 Å². The fraction of sp³-hybridized carbons (Fsp3) is 0.273. The van der Waals surface area contributed by atoms with Gasteiger partial charge in [0.1, 0.15) is 6.61 Å². The average Bonchev–Trinajstić information content (AvgIpc) is 2.97. The van der Waals surface area contributed by atoms with Crippen molar-refractivity contribution in [1.29, 1.82) is 0 Å². The van der Waals surface area contributed by atoms with Crippen molar-refractivity contribution in [2.24, 2.45) is 0 Å². The van der Waals surface area contributed by atoms with Gasteiger partial charge in [0.05, 0.1) is 10.7 Å². The first-order chi connectivity index (χ1) is 7.05. The predicted molar refractivity (Wildman–Crippen MR) is 57.0 cm³/mol. The van der Waals surface area contributed by atoms with E-state index in [1.807, 2.05) is 6.08 Å². The zero-order valence-electron chi connectivity index (χ0n) is 8.43. The van der Waals surface area contributed by atoms with Crippen molar-refractivity contribution in [2.45, 2.75) is 17.9 Å². The molecule has 1 aliphatic rings. The summed E-state index contributed by atoms with van der Waals surface area (Å²) in [5, 5.41) is 0. The molecule has 4 heteroatoms. The SMILES string of the molecule is CS(=O)(=O)c1ccc(COC2=CC2)cc1. The molecule has 0 bridgehead atoms. The Balaban J connectivity index is 2.06. The summed E-state index contributed by atoms with van der Waals surface area (Å²) in [5.74, 6) is 1.02. The highest BCUT2D eigenvalue weighted by Crippen LogP contribution is 2.21. The third kappa shape index (κ3) is 2.83. The van der Waals surface area contributed by atoms with Crippen LogP contribution in [0.15, 0.2) is 41.0 Å². The minimum Gasteiger partial charge on any atom is -0.493 e. The van der Waals surface area contributed by atoms with E-state index >= 15 is 0 Å². The third-order valence-electron chi connectivity index (χ3n) is 2.15. The first kappa shape index (κ1) is 10.2. The molecule has 0 aliphatic heterocycles. The second-order valence-electron chi connectivity index (χ2n) is 3.58. The van der Waals surface area contributed by atoms with Gasteiger partial charge in [-0.3, -0.25) is 0 Å². The van der Waals surface area contributed by atoms with Crippen LogP contribution in [0.5, 0.6) is 0 Å². The minimum atomic E-state index is -3.09. The van der Waals surface area contributed by atoms with Crippen LogP contribution in [0.2, 0.25) is 0 Å². The Kier molecular flexibility index (Phi) is 2.52. The summed E-state index contributed by atoms with van der Waals surface area (Å²) in [7, 11) is -3.09. The molecule has 2 rings (SSSR count). The molecule has 3 nitrogen and oxygen atoms in total. The minimum absolute atomic E-state index is 0.344. The van der Waals surface area contributed by atoms with E-state index in [0.29, 0.717) is 11.5 Å². The van der Waals surface area contributed by atoms with Gasteiger partial charge in [0.25, 0.3) is 0 Å². The lowest BCUT2D eigenvalue weighted by atomic mass is 10.2. The Morgan fingerprint density at radius 1 is 1.27 bits per heavy atom. The van der Waals surface area contributed by atoms with Gasteiger partial charge in [-0.05, 0) is 23.8 Å². The van der Waals surface area contributed by atoms with Crippen LogP contribution >= 0.6 is 0 Å². The Bertz CT molecular complexity index is 483. The zero-order chi connectivity index (χ0) is 10.9. The second-order valence-corrected chi connectivity index (χ2v) is 5.60. The Hall–Kier alpha value is -1.29. The van der Waals surface area contributed by atoms with Gasteiger partial charge < -0.3 is 4.74 Å². The molecule has 0 amide bonds. The lowest BCUT2D eigenvalue weighted by molar-refractivity contribution is 0.213. The number of rotatable bonds is 4. The van der Waals surface area contributed by atoms with E-state index in [2.05, 4.69) is 0 Å². The molecular weight excluding hydrogens is 212 g/mol. The zero-order valence-corrected chi connectivity index (χ0v) is 9.25. The summed E-state index contributed by atoms with van der Waals surface area (Å²) in [4.78, 5) is 0.344. The second kappa shape index (κ2) is 3.70. The van der Waals surface area contributed by atoms with Gasteiger partial charge in [0.2, 0.25) is 0 Å². The molecule has 0 atom stereocenters. The van der Waals surface area contributed by atoms with Crippen molar-refractivity contribution in [3.8, 4) is 0 Å². The van der Waals surface area contributed by atoms with Crippen LogP contribution in [-0.4, -0.2) is 14.7 Å². The highest BCUT2D eigenvalue weighted by Gasteiger charge is 2.09. The topological polar surface area (TPSA) is 43.4 Å². The van der Waals surface area contributed by atoms with Crippen molar-refractivity contribution < 1.29 is 13.2 Å². The summed E-state index contributed by atoms with van der Waals surface area (Å²) < 4.78 is 27.7. The number of sulfone groups is 1. The molecule has 1 aliphatic carbocycles. The molecule has 1 aromatic rings. The molecular formula is C11H12O3S. The molecule has 15 heavy (non-hydrogen) atoms. The fourth-order valence-corrected chi connectivity index (χ4v) is 1.80. The maximum absolute atomic E-state index is 11.2. The van der Waals surface area contributed by atoms with E-state index in [0.717, 1.165) is 17.7 Å². The molecule has 0 N–H and O–H groups in total. The number of hydrogen-bond acceptors (Lipinski definition) is 3. The highest BCUT2D eigenvalue weighted by atomic mass is 32.2. The number of ether oxygens (including phenoxy) is 1.